The van der Waals surface area contributed by atoms with E-state index < -0.39 is 34.9 Å². The molecule has 62 heavy (non-hydrogen) atoms. The van der Waals surface area contributed by atoms with E-state index >= 15 is 0 Å². The van der Waals surface area contributed by atoms with Gasteiger partial charge < -0.3 is 20.9 Å². The van der Waals surface area contributed by atoms with Crippen LogP contribution in [0.1, 0.15) is 80.4 Å². The standard InChI is InChI=1S/2C24H21ClFN3O2/c2*1-24(14-31-22(23(27)29-24)16-5-3-2-4-6-16)18-11-15(7-9-19(18)26)12-21(30)20-10-8-17(25)13-28-20/h2*2-11,13,22H,12,14H2,1H3,(H2,27,29)/t22-,24+;22-,24-/m10/s1. The van der Waals surface area contributed by atoms with Crippen molar-refractivity contribution >= 4 is 46.4 Å². The zero-order valence-electron chi connectivity index (χ0n) is 33.8. The van der Waals surface area contributed by atoms with Gasteiger partial charge in [-0.2, -0.15) is 0 Å². The van der Waals surface area contributed by atoms with Crippen LogP contribution in [0.5, 0.6) is 0 Å². The maximum absolute atomic E-state index is 14.8. The molecule has 4 N–H and O–H groups in total. The molecular weight excluding hydrogens is 833 g/mol. The zero-order valence-corrected chi connectivity index (χ0v) is 35.3. The molecule has 0 aliphatic carbocycles. The number of hydrogen-bond donors (Lipinski definition) is 2. The Morgan fingerprint density at radius 3 is 1.34 bits per heavy atom. The van der Waals surface area contributed by atoms with Gasteiger partial charge >= 0.3 is 0 Å². The Morgan fingerprint density at radius 1 is 0.613 bits per heavy atom. The molecule has 0 saturated carbocycles. The molecule has 6 aromatic rings. The Kier molecular flexibility index (Phi) is 13.3. The molecule has 14 heteroatoms. The van der Waals surface area contributed by atoms with Crippen LogP contribution in [-0.2, 0) is 33.4 Å². The van der Waals surface area contributed by atoms with E-state index in [-0.39, 0.29) is 49.3 Å². The Balaban J connectivity index is 0.000000186. The van der Waals surface area contributed by atoms with Gasteiger partial charge in [0.25, 0.3) is 0 Å². The lowest BCUT2D eigenvalue weighted by molar-refractivity contribution is 0.0436. The Hall–Kier alpha value is -6.18. The van der Waals surface area contributed by atoms with Crippen molar-refractivity contribution in [2.75, 3.05) is 13.2 Å². The number of rotatable bonds is 10. The molecule has 316 valence electrons. The van der Waals surface area contributed by atoms with Crippen molar-refractivity contribution in [2.24, 2.45) is 21.5 Å². The molecular formula is C48H42Cl2F2N6O4. The number of carbonyl (C=O) groups excluding carboxylic acids is 2. The van der Waals surface area contributed by atoms with E-state index in [1.165, 1.54) is 24.5 Å². The van der Waals surface area contributed by atoms with Crippen molar-refractivity contribution in [3.63, 3.8) is 0 Å². The molecule has 0 saturated heterocycles. The molecule has 4 heterocycles. The number of ketones is 2. The first-order valence-electron chi connectivity index (χ1n) is 19.6. The third-order valence-electron chi connectivity index (χ3n) is 10.5. The monoisotopic (exact) mass is 874 g/mol. The molecule has 4 aromatic carbocycles. The molecule has 0 amide bonds. The van der Waals surface area contributed by atoms with Crippen molar-refractivity contribution in [2.45, 2.75) is 50.0 Å². The summed E-state index contributed by atoms with van der Waals surface area (Å²) in [5.74, 6) is -0.668. The molecule has 2 aromatic heterocycles. The molecule has 2 aliphatic heterocycles. The van der Waals surface area contributed by atoms with Crippen LogP contribution >= 0.6 is 23.2 Å². The highest BCUT2D eigenvalue weighted by atomic mass is 35.5. The zero-order chi connectivity index (χ0) is 44.0. The molecule has 0 bridgehead atoms. The SMILES string of the molecule is C[C@@]1(c2cc(CC(=O)c3ccc(Cl)cn3)ccc2F)CO[C@@H](c2ccccc2)C(N)=N1.C[C@@]1(c2cc(CC(=O)c3ccc(Cl)cn3)ccc2F)CO[C@H](c2ccccc2)C(N)=N1. The smallest absolute Gasteiger partial charge is 0.185 e. The second kappa shape index (κ2) is 18.8. The highest BCUT2D eigenvalue weighted by Crippen LogP contribution is 2.37. The fourth-order valence-electron chi connectivity index (χ4n) is 7.30. The minimum absolute atomic E-state index is 0.0741. The van der Waals surface area contributed by atoms with E-state index in [4.69, 9.17) is 44.1 Å². The number of aliphatic imine (C=N–C) groups is 2. The van der Waals surface area contributed by atoms with E-state index in [9.17, 15) is 18.4 Å². The quantitative estimate of drug-likeness (QED) is 0.129. The summed E-state index contributed by atoms with van der Waals surface area (Å²) < 4.78 is 41.5. The molecule has 4 atom stereocenters. The molecule has 10 nitrogen and oxygen atoms in total. The summed E-state index contributed by atoms with van der Waals surface area (Å²) in [5.41, 5.74) is 14.8. The number of ether oxygens (including phenoxy) is 2. The first-order valence-corrected chi connectivity index (χ1v) is 20.4. The number of aromatic nitrogens is 2. The van der Waals surface area contributed by atoms with Crippen molar-refractivity contribution in [1.29, 1.82) is 0 Å². The number of amidine groups is 2. The van der Waals surface area contributed by atoms with Gasteiger partial charge in [0.15, 0.2) is 11.6 Å². The van der Waals surface area contributed by atoms with Gasteiger partial charge in [0, 0.05) is 36.4 Å². The van der Waals surface area contributed by atoms with Gasteiger partial charge in [-0.15, -0.1) is 0 Å². The summed E-state index contributed by atoms with van der Waals surface area (Å²) in [6.07, 6.45) is 2.05. The molecule has 0 unspecified atom stereocenters. The molecule has 0 fully saturated rings. The van der Waals surface area contributed by atoms with E-state index in [0.29, 0.717) is 43.7 Å². The number of nitrogens with zero attached hydrogens (tertiary/aromatic N) is 4. The van der Waals surface area contributed by atoms with Gasteiger partial charge in [-0.1, -0.05) is 96.0 Å². The van der Waals surface area contributed by atoms with Gasteiger partial charge in [0.1, 0.15) is 58.0 Å². The van der Waals surface area contributed by atoms with Crippen molar-refractivity contribution < 1.29 is 27.8 Å². The average Bonchev–Trinajstić information content (AvgIpc) is 3.26. The van der Waals surface area contributed by atoms with Gasteiger partial charge in [-0.3, -0.25) is 29.5 Å². The molecule has 8 rings (SSSR count). The summed E-state index contributed by atoms with van der Waals surface area (Å²) in [7, 11) is 0. The van der Waals surface area contributed by atoms with Crippen LogP contribution in [0.25, 0.3) is 0 Å². The predicted molar refractivity (Wildman–Crippen MR) is 236 cm³/mol. The Labute approximate surface area is 367 Å². The fourth-order valence-corrected chi connectivity index (χ4v) is 7.53. The van der Waals surface area contributed by atoms with Crippen LogP contribution in [0.3, 0.4) is 0 Å². The Bertz CT molecular complexity index is 2450. The van der Waals surface area contributed by atoms with Crippen LogP contribution in [0.4, 0.5) is 8.78 Å². The van der Waals surface area contributed by atoms with Crippen LogP contribution in [0.15, 0.2) is 144 Å². The van der Waals surface area contributed by atoms with Gasteiger partial charge in [0.05, 0.1) is 23.3 Å². The van der Waals surface area contributed by atoms with Crippen molar-refractivity contribution in [1.82, 2.24) is 9.97 Å². The number of pyridine rings is 2. The minimum atomic E-state index is -1.00. The van der Waals surface area contributed by atoms with E-state index in [1.54, 1.807) is 62.4 Å². The minimum Gasteiger partial charge on any atom is -0.385 e. The topological polar surface area (TPSA) is 155 Å². The normalized spacial score (nSPS) is 20.9. The number of hydrogen-bond acceptors (Lipinski definition) is 10. The second-order valence-corrected chi connectivity index (χ2v) is 16.2. The van der Waals surface area contributed by atoms with Gasteiger partial charge in [-0.25, -0.2) is 8.78 Å². The Morgan fingerprint density at radius 2 is 1.00 bits per heavy atom. The summed E-state index contributed by atoms with van der Waals surface area (Å²) in [6, 6.07) is 34.5. The molecule has 2 aliphatic rings. The third-order valence-corrected chi connectivity index (χ3v) is 11.0. The molecule has 0 radical (unpaired) electrons. The summed E-state index contributed by atoms with van der Waals surface area (Å²) in [6.45, 7) is 3.85. The van der Waals surface area contributed by atoms with Crippen LogP contribution in [0, 0.1) is 11.6 Å². The maximum Gasteiger partial charge on any atom is 0.185 e. The van der Waals surface area contributed by atoms with E-state index in [2.05, 4.69) is 20.0 Å². The van der Waals surface area contributed by atoms with Gasteiger partial charge in [0.2, 0.25) is 0 Å². The number of Topliss-reactive ketones (excluding diaryl/α,β-unsaturated/α-hetero) is 2. The van der Waals surface area contributed by atoms with Crippen molar-refractivity contribution in [3.8, 4) is 0 Å². The lowest BCUT2D eigenvalue weighted by Gasteiger charge is -2.34. The summed E-state index contributed by atoms with van der Waals surface area (Å²) in [4.78, 5) is 42.4. The first-order chi connectivity index (χ1) is 29.7. The highest BCUT2D eigenvalue weighted by Gasteiger charge is 2.38. The summed E-state index contributed by atoms with van der Waals surface area (Å²) >= 11 is 11.7. The van der Waals surface area contributed by atoms with Crippen LogP contribution < -0.4 is 11.5 Å². The van der Waals surface area contributed by atoms with Crippen LogP contribution in [0.2, 0.25) is 10.0 Å². The van der Waals surface area contributed by atoms with Gasteiger partial charge in [-0.05, 0) is 84.6 Å². The van der Waals surface area contributed by atoms with E-state index in [0.717, 1.165) is 11.1 Å². The fraction of sp³-hybridized carbons (Fsp3) is 0.208. The maximum atomic E-state index is 14.8. The third kappa shape index (κ3) is 10.1. The average molecular weight is 876 g/mol. The number of halogens is 4. The van der Waals surface area contributed by atoms with Crippen molar-refractivity contribution in [3.05, 3.63) is 200 Å². The second-order valence-electron chi connectivity index (χ2n) is 15.4. The highest BCUT2D eigenvalue weighted by molar-refractivity contribution is 6.30. The molecule has 0 spiro atoms. The van der Waals surface area contributed by atoms with E-state index in [1.807, 2.05) is 60.7 Å². The number of nitrogens with two attached hydrogens (primary N) is 2. The lowest BCUT2D eigenvalue weighted by Crippen LogP contribution is -2.40. The number of carbonyl (C=O) groups is 2. The van der Waals surface area contributed by atoms with Crippen LogP contribution in [-0.4, -0.2) is 46.4 Å². The summed E-state index contributed by atoms with van der Waals surface area (Å²) in [5, 5.41) is 0.908. The largest absolute Gasteiger partial charge is 0.385 e. The predicted octanol–water partition coefficient (Wildman–Crippen LogP) is 9.29. The lowest BCUT2D eigenvalue weighted by atomic mass is 9.89. The first kappa shape index (κ1) is 43.9. The number of benzene rings is 4.